The number of nitrogens with one attached hydrogen (secondary N) is 2. The molecule has 3 unspecified atom stereocenters. The van der Waals surface area contributed by atoms with Crippen molar-refractivity contribution in [2.45, 2.75) is 25.7 Å². The Kier molecular flexibility index (Phi) is 2.91. The normalized spacial score (nSPS) is 30.5. The number of fused-ring (bicyclic) bond motifs is 2. The molecule has 2 saturated carbocycles. The van der Waals surface area contributed by atoms with Crippen LogP contribution in [0.3, 0.4) is 0 Å². The molecule has 0 spiro atoms. The van der Waals surface area contributed by atoms with E-state index in [4.69, 9.17) is 0 Å². The quantitative estimate of drug-likeness (QED) is 0.836. The van der Waals surface area contributed by atoms with Gasteiger partial charge in [0, 0.05) is 13.6 Å². The molecule has 2 aliphatic carbocycles. The molecule has 0 aliphatic heterocycles. The molecule has 3 atom stereocenters. The molecule has 1 aromatic rings. The third kappa shape index (κ3) is 2.24. The van der Waals surface area contributed by atoms with Crippen LogP contribution in [0.25, 0.3) is 0 Å². The first-order valence-electron chi connectivity index (χ1n) is 6.74. The Balaban J connectivity index is 1.56. The van der Waals surface area contributed by atoms with Gasteiger partial charge in [-0.25, -0.2) is 4.98 Å². The van der Waals surface area contributed by atoms with E-state index in [2.05, 4.69) is 15.6 Å². The minimum atomic E-state index is 0.883. The van der Waals surface area contributed by atoms with E-state index in [-0.39, 0.29) is 0 Å². The molecule has 1 aromatic heterocycles. The zero-order chi connectivity index (χ0) is 11.7. The summed E-state index contributed by atoms with van der Waals surface area (Å²) in [4.78, 5) is 4.49. The Morgan fingerprint density at radius 2 is 2.12 bits per heavy atom. The van der Waals surface area contributed by atoms with Crippen LogP contribution in [-0.4, -0.2) is 18.6 Å². The molecular formula is C14H21N3. The van der Waals surface area contributed by atoms with Gasteiger partial charge in [-0.3, -0.25) is 0 Å². The summed E-state index contributed by atoms with van der Waals surface area (Å²) >= 11 is 0. The van der Waals surface area contributed by atoms with Gasteiger partial charge in [-0.15, -0.1) is 0 Å². The molecule has 0 radical (unpaired) electrons. The van der Waals surface area contributed by atoms with Crippen LogP contribution in [0.4, 0.5) is 11.6 Å². The van der Waals surface area contributed by atoms with E-state index in [9.17, 15) is 0 Å². The SMILES string of the molecule is CNc1cccc(NCC2CC3CCC2C3)n1. The second kappa shape index (κ2) is 4.55. The zero-order valence-electron chi connectivity index (χ0n) is 10.4. The Labute approximate surface area is 103 Å². The Morgan fingerprint density at radius 1 is 1.24 bits per heavy atom. The molecule has 0 aromatic carbocycles. The first-order valence-corrected chi connectivity index (χ1v) is 6.74. The molecule has 17 heavy (non-hydrogen) atoms. The van der Waals surface area contributed by atoms with Gasteiger partial charge in [0.15, 0.2) is 0 Å². The molecule has 0 saturated heterocycles. The van der Waals surface area contributed by atoms with Crippen molar-refractivity contribution in [3.8, 4) is 0 Å². The first-order chi connectivity index (χ1) is 8.35. The molecule has 3 heteroatoms. The van der Waals surface area contributed by atoms with Crippen molar-refractivity contribution in [3.05, 3.63) is 18.2 Å². The Bertz CT molecular complexity index is 391. The molecular weight excluding hydrogens is 210 g/mol. The van der Waals surface area contributed by atoms with Gasteiger partial charge in [-0.1, -0.05) is 12.5 Å². The number of aromatic nitrogens is 1. The third-order valence-electron chi connectivity index (χ3n) is 4.44. The van der Waals surface area contributed by atoms with Crippen LogP contribution < -0.4 is 10.6 Å². The Morgan fingerprint density at radius 3 is 2.82 bits per heavy atom. The van der Waals surface area contributed by atoms with Gasteiger partial charge >= 0.3 is 0 Å². The zero-order valence-corrected chi connectivity index (χ0v) is 10.4. The highest BCUT2D eigenvalue weighted by atomic mass is 15.0. The maximum absolute atomic E-state index is 4.49. The summed E-state index contributed by atoms with van der Waals surface area (Å²) in [6.45, 7) is 1.10. The topological polar surface area (TPSA) is 37.0 Å². The summed E-state index contributed by atoms with van der Waals surface area (Å²) in [5.74, 6) is 4.83. The fourth-order valence-corrected chi connectivity index (χ4v) is 3.53. The van der Waals surface area contributed by atoms with E-state index in [0.29, 0.717) is 0 Å². The monoisotopic (exact) mass is 231 g/mol. The highest BCUT2D eigenvalue weighted by Gasteiger charge is 2.38. The maximum atomic E-state index is 4.49. The average Bonchev–Trinajstić information content (AvgIpc) is 2.99. The van der Waals surface area contributed by atoms with Crippen molar-refractivity contribution in [2.24, 2.45) is 17.8 Å². The van der Waals surface area contributed by atoms with Crippen molar-refractivity contribution in [1.82, 2.24) is 4.98 Å². The summed E-state index contributed by atoms with van der Waals surface area (Å²) in [5.41, 5.74) is 0. The minimum absolute atomic E-state index is 0.883. The van der Waals surface area contributed by atoms with Crippen LogP contribution in [0.1, 0.15) is 25.7 Å². The van der Waals surface area contributed by atoms with E-state index in [1.54, 1.807) is 0 Å². The molecule has 3 nitrogen and oxygen atoms in total. The number of rotatable bonds is 4. The van der Waals surface area contributed by atoms with E-state index in [0.717, 1.165) is 35.9 Å². The van der Waals surface area contributed by atoms with Gasteiger partial charge in [0.1, 0.15) is 11.6 Å². The van der Waals surface area contributed by atoms with E-state index in [1.165, 1.54) is 25.7 Å². The third-order valence-corrected chi connectivity index (χ3v) is 4.44. The largest absolute Gasteiger partial charge is 0.373 e. The van der Waals surface area contributed by atoms with Gasteiger partial charge < -0.3 is 10.6 Å². The van der Waals surface area contributed by atoms with Gasteiger partial charge in [0.2, 0.25) is 0 Å². The lowest BCUT2D eigenvalue weighted by atomic mass is 9.89. The molecule has 3 rings (SSSR count). The number of hydrogen-bond donors (Lipinski definition) is 2. The average molecular weight is 231 g/mol. The van der Waals surface area contributed by atoms with Gasteiger partial charge in [0.25, 0.3) is 0 Å². The summed E-state index contributed by atoms with van der Waals surface area (Å²) in [6, 6.07) is 6.08. The number of anilines is 2. The predicted octanol–water partition coefficient (Wildman–Crippen LogP) is 2.97. The van der Waals surface area contributed by atoms with Crippen molar-refractivity contribution in [3.63, 3.8) is 0 Å². The lowest BCUT2D eigenvalue weighted by molar-refractivity contribution is 0.348. The fraction of sp³-hybridized carbons (Fsp3) is 0.643. The molecule has 1 heterocycles. The summed E-state index contributed by atoms with van der Waals surface area (Å²) in [5, 5.41) is 6.57. The molecule has 92 valence electrons. The van der Waals surface area contributed by atoms with Crippen LogP contribution in [0.15, 0.2) is 18.2 Å². The molecule has 0 amide bonds. The van der Waals surface area contributed by atoms with E-state index >= 15 is 0 Å². The fourth-order valence-electron chi connectivity index (χ4n) is 3.53. The highest BCUT2D eigenvalue weighted by molar-refractivity contribution is 5.44. The van der Waals surface area contributed by atoms with Crippen LogP contribution in [0, 0.1) is 17.8 Å². The van der Waals surface area contributed by atoms with Crippen molar-refractivity contribution in [2.75, 3.05) is 24.2 Å². The minimum Gasteiger partial charge on any atom is -0.373 e. The van der Waals surface area contributed by atoms with E-state index in [1.807, 2.05) is 25.2 Å². The Hall–Kier alpha value is -1.25. The summed E-state index contributed by atoms with van der Waals surface area (Å²) in [7, 11) is 1.90. The molecule has 2 aliphatic rings. The van der Waals surface area contributed by atoms with Gasteiger partial charge in [-0.2, -0.15) is 0 Å². The summed E-state index contributed by atoms with van der Waals surface area (Å²) in [6.07, 6.45) is 5.86. The lowest BCUT2D eigenvalue weighted by Gasteiger charge is -2.22. The summed E-state index contributed by atoms with van der Waals surface area (Å²) < 4.78 is 0. The molecule has 2 N–H and O–H groups in total. The number of hydrogen-bond acceptors (Lipinski definition) is 3. The smallest absolute Gasteiger partial charge is 0.128 e. The number of pyridine rings is 1. The van der Waals surface area contributed by atoms with Crippen LogP contribution in [0.5, 0.6) is 0 Å². The van der Waals surface area contributed by atoms with E-state index < -0.39 is 0 Å². The predicted molar refractivity (Wildman–Crippen MR) is 71.2 cm³/mol. The maximum Gasteiger partial charge on any atom is 0.128 e. The van der Waals surface area contributed by atoms with Crippen molar-refractivity contribution >= 4 is 11.6 Å². The molecule has 2 fully saturated rings. The molecule has 2 bridgehead atoms. The highest BCUT2D eigenvalue weighted by Crippen LogP contribution is 2.48. The standard InChI is InChI=1S/C14H21N3/c1-15-13-3-2-4-14(17-13)16-9-12-8-10-5-6-11(12)7-10/h2-4,10-12H,5-9H2,1H3,(H2,15,16,17). The first kappa shape index (κ1) is 10.9. The van der Waals surface area contributed by atoms with Crippen molar-refractivity contribution in [1.29, 1.82) is 0 Å². The van der Waals surface area contributed by atoms with Gasteiger partial charge in [0.05, 0.1) is 0 Å². The van der Waals surface area contributed by atoms with Gasteiger partial charge in [-0.05, 0) is 49.1 Å². The van der Waals surface area contributed by atoms with Crippen LogP contribution in [0.2, 0.25) is 0 Å². The second-order valence-corrected chi connectivity index (χ2v) is 5.47. The second-order valence-electron chi connectivity index (χ2n) is 5.47. The van der Waals surface area contributed by atoms with Crippen LogP contribution >= 0.6 is 0 Å². The number of nitrogens with zero attached hydrogens (tertiary/aromatic N) is 1. The lowest BCUT2D eigenvalue weighted by Crippen LogP contribution is -2.20. The van der Waals surface area contributed by atoms with Crippen molar-refractivity contribution < 1.29 is 0 Å². The van der Waals surface area contributed by atoms with Crippen LogP contribution in [-0.2, 0) is 0 Å².